The van der Waals surface area contributed by atoms with Crippen molar-refractivity contribution in [1.82, 2.24) is 5.32 Å². The van der Waals surface area contributed by atoms with Crippen LogP contribution in [0.3, 0.4) is 0 Å². The number of thiophene rings is 1. The van der Waals surface area contributed by atoms with E-state index in [1.165, 1.54) is 15.3 Å². The third kappa shape index (κ3) is 3.40. The number of hydrogen-bond acceptors (Lipinski definition) is 3. The smallest absolute Gasteiger partial charge is 0.0667 e. The maximum absolute atomic E-state index is 5.16. The van der Waals surface area contributed by atoms with Crippen LogP contribution in [0, 0.1) is 13.8 Å². The molecule has 0 aromatic carbocycles. The topological polar surface area (TPSA) is 21.3 Å². The molecule has 1 heterocycles. The van der Waals surface area contributed by atoms with Crippen molar-refractivity contribution in [3.63, 3.8) is 0 Å². The summed E-state index contributed by atoms with van der Waals surface area (Å²) in [6, 6.07) is 2.25. The van der Waals surface area contributed by atoms with E-state index in [0.717, 1.165) is 13.1 Å². The highest BCUT2D eigenvalue weighted by atomic mass is 32.1. The van der Waals surface area contributed by atoms with Crippen LogP contribution in [-0.2, 0) is 11.3 Å². The summed E-state index contributed by atoms with van der Waals surface area (Å²) in [6.45, 7) is 8.26. The summed E-state index contributed by atoms with van der Waals surface area (Å²) in [7, 11) is 1.74. The van der Waals surface area contributed by atoms with E-state index in [1.807, 2.05) is 11.3 Å². The Labute approximate surface area is 90.3 Å². The van der Waals surface area contributed by atoms with Gasteiger partial charge in [0, 0.05) is 30.0 Å². The van der Waals surface area contributed by atoms with Crippen LogP contribution in [-0.4, -0.2) is 19.8 Å². The molecule has 1 aromatic heterocycles. The van der Waals surface area contributed by atoms with Gasteiger partial charge < -0.3 is 10.1 Å². The highest BCUT2D eigenvalue weighted by Crippen LogP contribution is 2.20. The second-order valence-corrected chi connectivity index (χ2v) is 4.97. The van der Waals surface area contributed by atoms with E-state index in [-0.39, 0.29) is 6.10 Å². The van der Waals surface area contributed by atoms with E-state index in [0.29, 0.717) is 0 Å². The molecule has 14 heavy (non-hydrogen) atoms. The first kappa shape index (κ1) is 11.7. The lowest BCUT2D eigenvalue weighted by Crippen LogP contribution is -2.25. The quantitative estimate of drug-likeness (QED) is 0.811. The summed E-state index contributed by atoms with van der Waals surface area (Å²) in [5.41, 5.74) is 1.39. The molecule has 0 saturated heterocycles. The molecule has 1 atom stereocenters. The molecule has 0 spiro atoms. The molecule has 0 amide bonds. The zero-order chi connectivity index (χ0) is 10.6. The standard InChI is InChI=1S/C11H19NOS/c1-8-5-11(14-10(8)3)7-12-6-9(2)13-4/h5,9,12H,6-7H2,1-4H3. The highest BCUT2D eigenvalue weighted by Gasteiger charge is 2.02. The van der Waals surface area contributed by atoms with Crippen LogP contribution in [0.15, 0.2) is 6.07 Å². The second-order valence-electron chi connectivity index (χ2n) is 3.63. The van der Waals surface area contributed by atoms with Gasteiger partial charge in [0.15, 0.2) is 0 Å². The van der Waals surface area contributed by atoms with Gasteiger partial charge >= 0.3 is 0 Å². The number of hydrogen-bond donors (Lipinski definition) is 1. The van der Waals surface area contributed by atoms with Gasteiger partial charge in [-0.1, -0.05) is 0 Å². The van der Waals surface area contributed by atoms with Gasteiger partial charge in [0.25, 0.3) is 0 Å². The average Bonchev–Trinajstić information content (AvgIpc) is 2.46. The molecule has 3 heteroatoms. The molecule has 1 unspecified atom stereocenters. The van der Waals surface area contributed by atoms with Gasteiger partial charge in [-0.05, 0) is 32.4 Å². The zero-order valence-electron chi connectivity index (χ0n) is 9.39. The first-order valence-electron chi connectivity index (χ1n) is 4.93. The van der Waals surface area contributed by atoms with Crippen molar-refractivity contribution in [2.45, 2.75) is 33.4 Å². The number of methoxy groups -OCH3 is 1. The fourth-order valence-corrected chi connectivity index (χ4v) is 2.24. The molecule has 0 aliphatic heterocycles. The fourth-order valence-electron chi connectivity index (χ4n) is 1.22. The van der Waals surface area contributed by atoms with E-state index >= 15 is 0 Å². The van der Waals surface area contributed by atoms with Crippen LogP contribution in [0.2, 0.25) is 0 Å². The van der Waals surface area contributed by atoms with Crippen LogP contribution in [0.4, 0.5) is 0 Å². The normalized spacial score (nSPS) is 13.1. The summed E-state index contributed by atoms with van der Waals surface area (Å²) in [5.74, 6) is 0. The molecule has 2 nitrogen and oxygen atoms in total. The van der Waals surface area contributed by atoms with Crippen molar-refractivity contribution in [2.75, 3.05) is 13.7 Å². The Hall–Kier alpha value is -0.380. The lowest BCUT2D eigenvalue weighted by Gasteiger charge is -2.09. The molecular formula is C11H19NOS. The summed E-state index contributed by atoms with van der Waals surface area (Å²) < 4.78 is 5.16. The first-order chi connectivity index (χ1) is 6.63. The molecule has 1 rings (SSSR count). The maximum atomic E-state index is 5.16. The van der Waals surface area contributed by atoms with Crippen LogP contribution < -0.4 is 5.32 Å². The Morgan fingerprint density at radius 2 is 2.21 bits per heavy atom. The lowest BCUT2D eigenvalue weighted by molar-refractivity contribution is 0.117. The minimum absolute atomic E-state index is 0.289. The minimum Gasteiger partial charge on any atom is -0.380 e. The number of nitrogens with one attached hydrogen (secondary N) is 1. The van der Waals surface area contributed by atoms with Crippen molar-refractivity contribution in [3.8, 4) is 0 Å². The van der Waals surface area contributed by atoms with E-state index in [9.17, 15) is 0 Å². The van der Waals surface area contributed by atoms with E-state index in [1.54, 1.807) is 7.11 Å². The van der Waals surface area contributed by atoms with Crippen LogP contribution in [0.5, 0.6) is 0 Å². The van der Waals surface area contributed by atoms with Crippen LogP contribution in [0.25, 0.3) is 0 Å². The fraction of sp³-hybridized carbons (Fsp3) is 0.636. The van der Waals surface area contributed by atoms with Gasteiger partial charge in [0.1, 0.15) is 0 Å². The Balaban J connectivity index is 2.31. The third-order valence-corrected chi connectivity index (χ3v) is 3.50. The van der Waals surface area contributed by atoms with E-state index < -0.39 is 0 Å². The summed E-state index contributed by atoms with van der Waals surface area (Å²) in [6.07, 6.45) is 0.289. The van der Waals surface area contributed by atoms with Crippen molar-refractivity contribution in [2.24, 2.45) is 0 Å². The number of rotatable bonds is 5. The largest absolute Gasteiger partial charge is 0.380 e. The molecule has 0 saturated carbocycles. The molecule has 0 bridgehead atoms. The summed E-state index contributed by atoms with van der Waals surface area (Å²) >= 11 is 1.87. The predicted octanol–water partition coefficient (Wildman–Crippen LogP) is 2.49. The SMILES string of the molecule is COC(C)CNCc1cc(C)c(C)s1. The molecule has 0 fully saturated rings. The number of aryl methyl sites for hydroxylation is 2. The molecular weight excluding hydrogens is 194 g/mol. The Morgan fingerprint density at radius 3 is 2.71 bits per heavy atom. The van der Waals surface area contributed by atoms with Gasteiger partial charge in [-0.25, -0.2) is 0 Å². The Bertz CT molecular complexity index is 263. The average molecular weight is 213 g/mol. The molecule has 0 radical (unpaired) electrons. The van der Waals surface area contributed by atoms with E-state index in [2.05, 4.69) is 32.2 Å². The maximum Gasteiger partial charge on any atom is 0.0667 e. The van der Waals surface area contributed by atoms with Gasteiger partial charge in [-0.2, -0.15) is 0 Å². The second kappa shape index (κ2) is 5.49. The van der Waals surface area contributed by atoms with Gasteiger partial charge in [0.2, 0.25) is 0 Å². The van der Waals surface area contributed by atoms with Crippen molar-refractivity contribution in [1.29, 1.82) is 0 Å². The molecule has 1 N–H and O–H groups in total. The van der Waals surface area contributed by atoms with Crippen LogP contribution >= 0.6 is 11.3 Å². The van der Waals surface area contributed by atoms with Crippen molar-refractivity contribution >= 4 is 11.3 Å². The first-order valence-corrected chi connectivity index (χ1v) is 5.74. The predicted molar refractivity (Wildman–Crippen MR) is 62.0 cm³/mol. The molecule has 80 valence electrons. The Morgan fingerprint density at radius 1 is 1.50 bits per heavy atom. The van der Waals surface area contributed by atoms with Gasteiger partial charge in [-0.3, -0.25) is 0 Å². The van der Waals surface area contributed by atoms with Crippen LogP contribution in [0.1, 0.15) is 22.2 Å². The lowest BCUT2D eigenvalue weighted by atomic mass is 10.3. The highest BCUT2D eigenvalue weighted by molar-refractivity contribution is 7.12. The zero-order valence-corrected chi connectivity index (χ0v) is 10.2. The minimum atomic E-state index is 0.289. The molecule has 0 aliphatic carbocycles. The Kier molecular flexibility index (Phi) is 4.58. The van der Waals surface area contributed by atoms with Crippen molar-refractivity contribution in [3.05, 3.63) is 21.4 Å². The summed E-state index contributed by atoms with van der Waals surface area (Å²) in [4.78, 5) is 2.82. The monoisotopic (exact) mass is 213 g/mol. The molecule has 0 aliphatic rings. The van der Waals surface area contributed by atoms with E-state index in [4.69, 9.17) is 4.74 Å². The van der Waals surface area contributed by atoms with Crippen molar-refractivity contribution < 1.29 is 4.74 Å². The summed E-state index contributed by atoms with van der Waals surface area (Å²) in [5, 5.41) is 3.38. The third-order valence-electron chi connectivity index (χ3n) is 2.35. The molecule has 1 aromatic rings. The van der Waals surface area contributed by atoms with Gasteiger partial charge in [-0.15, -0.1) is 11.3 Å². The number of ether oxygens (including phenoxy) is 1. The van der Waals surface area contributed by atoms with Gasteiger partial charge in [0.05, 0.1) is 6.10 Å².